The molecule has 20 heavy (non-hydrogen) atoms. The van der Waals surface area contributed by atoms with E-state index in [1.165, 1.54) is 18.2 Å². The largest absolute Gasteiger partial charge is 0.482 e. The average Bonchev–Trinajstić information content (AvgIpc) is 2.36. The van der Waals surface area contributed by atoms with Gasteiger partial charge in [0, 0.05) is 11.6 Å². The van der Waals surface area contributed by atoms with Crippen LogP contribution in [-0.4, -0.2) is 48.6 Å². The first-order valence-electron chi connectivity index (χ1n) is 5.68. The van der Waals surface area contributed by atoms with Gasteiger partial charge in [-0.2, -0.15) is 0 Å². The highest BCUT2D eigenvalue weighted by Gasteiger charge is 2.18. The minimum absolute atomic E-state index is 0.180. The van der Waals surface area contributed by atoms with Gasteiger partial charge in [0.25, 0.3) is 12.3 Å². The minimum Gasteiger partial charge on any atom is -0.482 e. The Morgan fingerprint density at radius 1 is 1.40 bits per heavy atom. The summed E-state index contributed by atoms with van der Waals surface area (Å²) < 4.78 is 29.7. The van der Waals surface area contributed by atoms with E-state index in [0.717, 1.165) is 4.90 Å². The monoisotopic (exact) mass is 327 g/mol. The molecule has 1 aromatic rings. The molecular formula is C12H13Cl2F2NO3. The molecule has 0 atom stereocenters. The zero-order valence-electron chi connectivity index (χ0n) is 10.4. The van der Waals surface area contributed by atoms with Crippen LogP contribution in [0.15, 0.2) is 18.2 Å². The van der Waals surface area contributed by atoms with Crippen LogP contribution in [0.4, 0.5) is 8.78 Å². The number of nitrogens with zero attached hydrogens (tertiary/aromatic N) is 1. The molecule has 1 rings (SSSR count). The topological polar surface area (TPSA) is 49.8 Å². The van der Waals surface area contributed by atoms with Gasteiger partial charge in [0.05, 0.1) is 18.2 Å². The Bertz CT molecular complexity index is 460. The van der Waals surface area contributed by atoms with Gasteiger partial charge in [-0.3, -0.25) is 4.79 Å². The molecule has 0 aliphatic carbocycles. The highest BCUT2D eigenvalue weighted by molar-refractivity contribution is 6.35. The van der Waals surface area contributed by atoms with Crippen molar-refractivity contribution in [2.45, 2.75) is 6.43 Å². The summed E-state index contributed by atoms with van der Waals surface area (Å²) in [6.45, 7) is -1.79. The fraction of sp³-hybridized carbons (Fsp3) is 0.417. The first-order valence-corrected chi connectivity index (χ1v) is 6.44. The third kappa shape index (κ3) is 5.48. The summed E-state index contributed by atoms with van der Waals surface area (Å²) in [5.41, 5.74) is 0. The normalized spacial score (nSPS) is 10.7. The average molecular weight is 328 g/mol. The third-order valence-corrected chi connectivity index (χ3v) is 2.86. The van der Waals surface area contributed by atoms with Crippen LogP contribution in [0.2, 0.25) is 10.0 Å². The maximum absolute atomic E-state index is 12.3. The van der Waals surface area contributed by atoms with Gasteiger partial charge in [-0.1, -0.05) is 23.2 Å². The summed E-state index contributed by atoms with van der Waals surface area (Å²) in [5.74, 6) is -0.434. The van der Waals surface area contributed by atoms with Gasteiger partial charge in [-0.05, 0) is 18.2 Å². The van der Waals surface area contributed by atoms with E-state index in [4.69, 9.17) is 33.0 Å². The van der Waals surface area contributed by atoms with Crippen LogP contribution in [0.25, 0.3) is 0 Å². The summed E-state index contributed by atoms with van der Waals surface area (Å²) in [5, 5.41) is 9.37. The van der Waals surface area contributed by atoms with Crippen molar-refractivity contribution in [3.05, 3.63) is 28.2 Å². The van der Waals surface area contributed by atoms with Crippen LogP contribution >= 0.6 is 23.2 Å². The molecule has 8 heteroatoms. The second-order valence-corrected chi connectivity index (χ2v) is 4.66. The lowest BCUT2D eigenvalue weighted by Crippen LogP contribution is -2.40. The number of ether oxygens (including phenoxy) is 1. The van der Waals surface area contributed by atoms with E-state index in [2.05, 4.69) is 0 Å². The van der Waals surface area contributed by atoms with Crippen LogP contribution in [0, 0.1) is 0 Å². The van der Waals surface area contributed by atoms with E-state index >= 15 is 0 Å². The van der Waals surface area contributed by atoms with Gasteiger partial charge in [0.2, 0.25) is 0 Å². The highest BCUT2D eigenvalue weighted by atomic mass is 35.5. The van der Waals surface area contributed by atoms with Crippen molar-refractivity contribution >= 4 is 29.1 Å². The molecule has 0 fully saturated rings. The molecule has 0 heterocycles. The second-order valence-electron chi connectivity index (χ2n) is 3.82. The summed E-state index contributed by atoms with van der Waals surface area (Å²) >= 11 is 11.5. The molecule has 112 valence electrons. The zero-order chi connectivity index (χ0) is 15.1. The van der Waals surface area contributed by atoms with Gasteiger partial charge in [-0.15, -0.1) is 0 Å². The summed E-state index contributed by atoms with van der Waals surface area (Å²) in [6.07, 6.45) is -2.68. The Labute approximate surface area is 124 Å². The van der Waals surface area contributed by atoms with E-state index in [9.17, 15) is 13.6 Å². The van der Waals surface area contributed by atoms with Gasteiger partial charge in [0.15, 0.2) is 6.61 Å². The molecule has 1 amide bonds. The van der Waals surface area contributed by atoms with Crippen molar-refractivity contribution in [3.8, 4) is 5.75 Å². The molecule has 4 nitrogen and oxygen atoms in total. The maximum Gasteiger partial charge on any atom is 0.260 e. The first-order chi connectivity index (χ1) is 9.43. The SMILES string of the molecule is O=C(COc1ccc(Cl)cc1Cl)N(CCO)CC(F)F. The quantitative estimate of drug-likeness (QED) is 0.836. The van der Waals surface area contributed by atoms with Crippen molar-refractivity contribution < 1.29 is 23.4 Å². The van der Waals surface area contributed by atoms with Crippen molar-refractivity contribution in [1.82, 2.24) is 4.90 Å². The summed E-state index contributed by atoms with van der Waals surface area (Å²) in [4.78, 5) is 12.5. The Hall–Kier alpha value is -1.11. The van der Waals surface area contributed by atoms with Gasteiger partial charge in [-0.25, -0.2) is 8.78 Å². The second kappa shape index (κ2) is 8.24. The Kier molecular flexibility index (Phi) is 6.98. The number of rotatable bonds is 7. The summed E-state index contributed by atoms with van der Waals surface area (Å²) in [6, 6.07) is 4.44. The molecule has 0 aromatic heterocycles. The Morgan fingerprint density at radius 2 is 2.10 bits per heavy atom. The number of aliphatic hydroxyl groups excluding tert-OH is 1. The summed E-state index contributed by atoms with van der Waals surface area (Å²) in [7, 11) is 0. The van der Waals surface area contributed by atoms with Crippen molar-refractivity contribution in [1.29, 1.82) is 0 Å². The fourth-order valence-corrected chi connectivity index (χ4v) is 1.89. The number of benzene rings is 1. The van der Waals surface area contributed by atoms with Crippen molar-refractivity contribution in [2.75, 3.05) is 26.3 Å². The highest BCUT2D eigenvalue weighted by Crippen LogP contribution is 2.27. The number of amides is 1. The van der Waals surface area contributed by atoms with E-state index in [0.29, 0.717) is 5.02 Å². The number of alkyl halides is 2. The number of aliphatic hydroxyl groups is 1. The molecule has 0 radical (unpaired) electrons. The number of carbonyl (C=O) groups is 1. The van der Waals surface area contributed by atoms with E-state index in [1.54, 1.807) is 0 Å². The molecule has 0 aliphatic rings. The Morgan fingerprint density at radius 3 is 2.65 bits per heavy atom. The number of halogens is 4. The molecular weight excluding hydrogens is 315 g/mol. The zero-order valence-corrected chi connectivity index (χ0v) is 11.9. The number of hydrogen-bond acceptors (Lipinski definition) is 3. The van der Waals surface area contributed by atoms with Gasteiger partial charge >= 0.3 is 0 Å². The molecule has 1 aromatic carbocycles. The predicted octanol–water partition coefficient (Wildman–Crippen LogP) is 2.46. The van der Waals surface area contributed by atoms with E-state index in [1.807, 2.05) is 0 Å². The lowest BCUT2D eigenvalue weighted by Gasteiger charge is -2.21. The van der Waals surface area contributed by atoms with Crippen LogP contribution in [0.5, 0.6) is 5.75 Å². The van der Waals surface area contributed by atoms with E-state index < -0.39 is 32.1 Å². The van der Waals surface area contributed by atoms with Crippen molar-refractivity contribution in [3.63, 3.8) is 0 Å². The molecule has 0 spiro atoms. The lowest BCUT2D eigenvalue weighted by molar-refractivity contribution is -0.135. The first kappa shape index (κ1) is 16.9. The smallest absolute Gasteiger partial charge is 0.260 e. The number of carbonyl (C=O) groups excluding carboxylic acids is 1. The molecule has 0 bridgehead atoms. The van der Waals surface area contributed by atoms with Crippen LogP contribution in [-0.2, 0) is 4.79 Å². The third-order valence-electron chi connectivity index (χ3n) is 2.33. The van der Waals surface area contributed by atoms with Crippen LogP contribution < -0.4 is 4.74 Å². The molecule has 0 unspecified atom stereocenters. The minimum atomic E-state index is -2.68. The molecule has 0 aliphatic heterocycles. The van der Waals surface area contributed by atoms with Crippen molar-refractivity contribution in [2.24, 2.45) is 0 Å². The Balaban J connectivity index is 2.59. The van der Waals surface area contributed by atoms with E-state index in [-0.39, 0.29) is 17.3 Å². The molecule has 0 saturated heterocycles. The van der Waals surface area contributed by atoms with Gasteiger partial charge in [0.1, 0.15) is 5.75 Å². The van der Waals surface area contributed by atoms with Crippen LogP contribution in [0.1, 0.15) is 0 Å². The van der Waals surface area contributed by atoms with Gasteiger partial charge < -0.3 is 14.7 Å². The predicted molar refractivity (Wildman–Crippen MR) is 71.6 cm³/mol. The number of hydrogen-bond donors (Lipinski definition) is 1. The molecule has 1 N–H and O–H groups in total. The molecule has 0 saturated carbocycles. The lowest BCUT2D eigenvalue weighted by atomic mass is 10.3. The van der Waals surface area contributed by atoms with Crippen LogP contribution in [0.3, 0.4) is 0 Å². The standard InChI is InChI=1S/C12H13Cl2F2NO3/c13-8-1-2-10(9(14)5-8)20-7-12(19)17(3-4-18)6-11(15)16/h1-2,5,11,18H,3-4,6-7H2. The maximum atomic E-state index is 12.3. The fourth-order valence-electron chi connectivity index (χ4n) is 1.43.